The third-order valence-corrected chi connectivity index (χ3v) is 4.51. The fourth-order valence-corrected chi connectivity index (χ4v) is 3.10. The maximum atomic E-state index is 12.1. The number of carbonyl (C=O) groups excluding carboxylic acids is 1. The van der Waals surface area contributed by atoms with Crippen molar-refractivity contribution in [1.82, 2.24) is 20.0 Å². The molecule has 1 fully saturated rings. The third-order valence-electron chi connectivity index (χ3n) is 4.51. The third kappa shape index (κ3) is 4.60. The number of ether oxygens (including phenoxy) is 1. The minimum Gasteiger partial charge on any atom is -0.493 e. The van der Waals surface area contributed by atoms with Crippen molar-refractivity contribution >= 4 is 5.91 Å². The number of aryl methyl sites for hydroxylation is 1. The molecule has 25 heavy (non-hydrogen) atoms. The Hall–Kier alpha value is -2.34. The second kappa shape index (κ2) is 8.16. The zero-order valence-corrected chi connectivity index (χ0v) is 14.9. The molecule has 6 nitrogen and oxygen atoms in total. The molecule has 1 radical (unpaired) electrons. The van der Waals surface area contributed by atoms with Gasteiger partial charge >= 0.3 is 0 Å². The molecule has 1 atom stereocenters. The zero-order chi connectivity index (χ0) is 17.6. The molecular weight excluding hydrogens is 316 g/mol. The SMILES string of the molecule is CN1CCCC1C(=O)NCCCOc1c[c]cc(-c2cnn(C)c2)c1. The van der Waals surface area contributed by atoms with E-state index in [9.17, 15) is 4.79 Å². The fraction of sp³-hybridized carbons (Fsp3) is 0.474. The second-order valence-electron chi connectivity index (χ2n) is 6.49. The Balaban J connectivity index is 1.41. The van der Waals surface area contributed by atoms with Crippen LogP contribution in [0.25, 0.3) is 11.1 Å². The van der Waals surface area contributed by atoms with Crippen molar-refractivity contribution in [2.24, 2.45) is 7.05 Å². The molecule has 1 aromatic carbocycles. The van der Waals surface area contributed by atoms with E-state index in [0.29, 0.717) is 13.2 Å². The Labute approximate surface area is 148 Å². The van der Waals surface area contributed by atoms with Crippen LogP contribution in [0.3, 0.4) is 0 Å². The Morgan fingerprint density at radius 1 is 1.40 bits per heavy atom. The fourth-order valence-electron chi connectivity index (χ4n) is 3.10. The molecule has 1 unspecified atom stereocenters. The number of likely N-dealkylation sites (tertiary alicyclic amines) is 1. The van der Waals surface area contributed by atoms with Crippen LogP contribution in [0.15, 0.2) is 30.6 Å². The van der Waals surface area contributed by atoms with E-state index >= 15 is 0 Å². The maximum absolute atomic E-state index is 12.1. The van der Waals surface area contributed by atoms with E-state index in [2.05, 4.69) is 21.4 Å². The molecule has 0 aliphatic carbocycles. The van der Waals surface area contributed by atoms with Crippen molar-refractivity contribution < 1.29 is 9.53 Å². The van der Waals surface area contributed by atoms with E-state index in [1.165, 1.54) is 0 Å². The molecule has 133 valence electrons. The summed E-state index contributed by atoms with van der Waals surface area (Å²) in [5, 5.41) is 7.18. The van der Waals surface area contributed by atoms with Crippen molar-refractivity contribution in [2.75, 3.05) is 26.7 Å². The predicted molar refractivity (Wildman–Crippen MR) is 96.3 cm³/mol. The maximum Gasteiger partial charge on any atom is 0.237 e. The number of hydrogen-bond acceptors (Lipinski definition) is 4. The van der Waals surface area contributed by atoms with Crippen molar-refractivity contribution in [3.63, 3.8) is 0 Å². The summed E-state index contributed by atoms with van der Waals surface area (Å²) in [5.74, 6) is 0.912. The highest BCUT2D eigenvalue weighted by molar-refractivity contribution is 5.81. The van der Waals surface area contributed by atoms with Crippen LogP contribution in [0.4, 0.5) is 0 Å². The van der Waals surface area contributed by atoms with Crippen molar-refractivity contribution in [1.29, 1.82) is 0 Å². The number of nitrogens with one attached hydrogen (secondary N) is 1. The summed E-state index contributed by atoms with van der Waals surface area (Å²) in [6, 6.07) is 8.86. The van der Waals surface area contributed by atoms with Gasteiger partial charge in [-0.3, -0.25) is 14.4 Å². The van der Waals surface area contributed by atoms with Crippen LogP contribution in [0, 0.1) is 6.07 Å². The van der Waals surface area contributed by atoms with E-state index in [1.807, 2.05) is 44.7 Å². The van der Waals surface area contributed by atoms with Crippen LogP contribution in [0.2, 0.25) is 0 Å². The second-order valence-corrected chi connectivity index (χ2v) is 6.49. The summed E-state index contributed by atoms with van der Waals surface area (Å²) < 4.78 is 7.55. The first-order valence-corrected chi connectivity index (χ1v) is 8.74. The van der Waals surface area contributed by atoms with E-state index in [1.54, 1.807) is 4.68 Å². The van der Waals surface area contributed by atoms with E-state index < -0.39 is 0 Å². The molecule has 6 heteroatoms. The highest BCUT2D eigenvalue weighted by Crippen LogP contribution is 2.23. The van der Waals surface area contributed by atoms with Gasteiger partial charge in [0.25, 0.3) is 0 Å². The lowest BCUT2D eigenvalue weighted by Gasteiger charge is -2.18. The Morgan fingerprint density at radius 3 is 3.00 bits per heavy atom. The first-order valence-electron chi connectivity index (χ1n) is 8.74. The van der Waals surface area contributed by atoms with E-state index in [-0.39, 0.29) is 11.9 Å². The number of hydrogen-bond donors (Lipinski definition) is 1. The minimum atomic E-state index is 0.0340. The molecule has 1 saturated heterocycles. The molecule has 1 aromatic heterocycles. The molecule has 1 amide bonds. The van der Waals surface area contributed by atoms with E-state index in [0.717, 1.165) is 42.7 Å². The van der Waals surface area contributed by atoms with Gasteiger partial charge in [-0.15, -0.1) is 0 Å². The van der Waals surface area contributed by atoms with Crippen molar-refractivity contribution in [3.05, 3.63) is 36.7 Å². The van der Waals surface area contributed by atoms with Crippen LogP contribution in [0.5, 0.6) is 5.75 Å². The van der Waals surface area contributed by atoms with Gasteiger partial charge < -0.3 is 10.1 Å². The largest absolute Gasteiger partial charge is 0.493 e. The minimum absolute atomic E-state index is 0.0340. The van der Waals surface area contributed by atoms with Crippen LogP contribution in [0.1, 0.15) is 19.3 Å². The van der Waals surface area contributed by atoms with Crippen LogP contribution >= 0.6 is 0 Å². The topological polar surface area (TPSA) is 59.4 Å². The van der Waals surface area contributed by atoms with Gasteiger partial charge in [-0.1, -0.05) is 0 Å². The average molecular weight is 341 g/mol. The lowest BCUT2D eigenvalue weighted by Crippen LogP contribution is -2.41. The van der Waals surface area contributed by atoms with Gasteiger partial charge in [0.2, 0.25) is 5.91 Å². The predicted octanol–water partition coefficient (Wildman–Crippen LogP) is 1.87. The zero-order valence-electron chi connectivity index (χ0n) is 14.9. The Morgan fingerprint density at radius 2 is 2.28 bits per heavy atom. The van der Waals surface area contributed by atoms with Gasteiger partial charge in [0.1, 0.15) is 5.75 Å². The molecule has 0 saturated carbocycles. The monoisotopic (exact) mass is 341 g/mol. The lowest BCUT2D eigenvalue weighted by molar-refractivity contribution is -0.125. The number of aromatic nitrogens is 2. The first kappa shape index (κ1) is 17.5. The molecule has 1 aliphatic heterocycles. The van der Waals surface area contributed by atoms with Crippen LogP contribution in [-0.4, -0.2) is 53.4 Å². The number of benzene rings is 1. The molecule has 1 aliphatic rings. The van der Waals surface area contributed by atoms with Gasteiger partial charge in [0.15, 0.2) is 0 Å². The number of rotatable bonds is 7. The molecular formula is C19H25N4O2. The smallest absolute Gasteiger partial charge is 0.237 e. The molecule has 0 spiro atoms. The molecule has 2 heterocycles. The van der Waals surface area contributed by atoms with Crippen molar-refractivity contribution in [2.45, 2.75) is 25.3 Å². The first-order chi connectivity index (χ1) is 12.1. The quantitative estimate of drug-likeness (QED) is 0.781. The summed E-state index contributed by atoms with van der Waals surface area (Å²) in [4.78, 5) is 14.2. The van der Waals surface area contributed by atoms with Gasteiger partial charge in [-0.25, -0.2) is 0 Å². The molecule has 1 N–H and O–H groups in total. The summed E-state index contributed by atoms with van der Waals surface area (Å²) in [6.45, 7) is 2.20. The van der Waals surface area contributed by atoms with Crippen LogP contribution < -0.4 is 10.1 Å². The Bertz CT molecular complexity index is 713. The number of carbonyl (C=O) groups is 1. The standard InChI is InChI=1S/C19H25N4O2/c1-22-10-4-8-18(22)19(24)20-9-5-11-25-17-7-3-6-15(12-17)16-13-21-23(2)14-16/h6-7,12-14,18H,4-5,8-11H2,1-2H3,(H,20,24). The number of amides is 1. The molecule has 2 aromatic rings. The summed E-state index contributed by atoms with van der Waals surface area (Å²) in [7, 11) is 3.90. The summed E-state index contributed by atoms with van der Waals surface area (Å²) in [5.41, 5.74) is 2.07. The average Bonchev–Trinajstić information content (AvgIpc) is 3.23. The van der Waals surface area contributed by atoms with Crippen LogP contribution in [-0.2, 0) is 11.8 Å². The van der Waals surface area contributed by atoms with Crippen molar-refractivity contribution in [3.8, 4) is 16.9 Å². The van der Waals surface area contributed by atoms with Gasteiger partial charge in [-0.05, 0) is 62.7 Å². The summed E-state index contributed by atoms with van der Waals surface area (Å²) >= 11 is 0. The van der Waals surface area contributed by atoms with Gasteiger partial charge in [0.05, 0.1) is 18.8 Å². The lowest BCUT2D eigenvalue weighted by atomic mass is 10.1. The molecule has 3 rings (SSSR count). The van der Waals surface area contributed by atoms with Gasteiger partial charge in [-0.2, -0.15) is 5.10 Å². The van der Waals surface area contributed by atoms with E-state index in [4.69, 9.17) is 4.74 Å². The van der Waals surface area contributed by atoms with Gasteiger partial charge in [0, 0.05) is 25.4 Å². The highest BCUT2D eigenvalue weighted by Gasteiger charge is 2.27. The number of likely N-dealkylation sites (N-methyl/N-ethyl adjacent to an activating group) is 1. The Kier molecular flexibility index (Phi) is 5.71. The normalized spacial score (nSPS) is 17.6. The summed E-state index contributed by atoms with van der Waals surface area (Å²) in [6.07, 6.45) is 6.61. The highest BCUT2D eigenvalue weighted by atomic mass is 16.5. The molecule has 0 bridgehead atoms. The number of nitrogens with zero attached hydrogens (tertiary/aromatic N) is 3.